The molecular weight excluding hydrogens is 380 g/mol. The molecule has 0 aliphatic carbocycles. The first kappa shape index (κ1) is 19.4. The summed E-state index contributed by atoms with van der Waals surface area (Å²) in [6.07, 6.45) is 3.29. The lowest BCUT2D eigenvalue weighted by Gasteiger charge is -2.09. The minimum atomic E-state index is -0.283. The molecule has 0 bridgehead atoms. The second-order valence-corrected chi connectivity index (χ2v) is 7.12. The molecule has 2 heterocycles. The number of rotatable bonds is 5. The van der Waals surface area contributed by atoms with Gasteiger partial charge in [-0.05, 0) is 36.2 Å². The van der Waals surface area contributed by atoms with Crippen LogP contribution < -0.4 is 15.6 Å². The second kappa shape index (κ2) is 7.87. The normalized spacial score (nSPS) is 10.9. The minimum absolute atomic E-state index is 0.115. The van der Waals surface area contributed by atoms with Crippen LogP contribution in [0.1, 0.15) is 5.56 Å². The SMILES string of the molecule is COc1cccc(-c2cn(C)c3c(=O)n(CC(=O)Nc4ccccc4C)cnc23)c1. The molecule has 0 radical (unpaired) electrons. The van der Waals surface area contributed by atoms with Crippen molar-refractivity contribution in [3.05, 3.63) is 77.0 Å². The van der Waals surface area contributed by atoms with E-state index in [2.05, 4.69) is 10.3 Å². The van der Waals surface area contributed by atoms with Crippen molar-refractivity contribution in [2.24, 2.45) is 7.05 Å². The maximum atomic E-state index is 13.1. The predicted molar refractivity (Wildman–Crippen MR) is 117 cm³/mol. The fourth-order valence-electron chi connectivity index (χ4n) is 3.48. The van der Waals surface area contributed by atoms with Crippen molar-refractivity contribution >= 4 is 22.6 Å². The van der Waals surface area contributed by atoms with Gasteiger partial charge in [0.15, 0.2) is 0 Å². The summed E-state index contributed by atoms with van der Waals surface area (Å²) in [4.78, 5) is 30.0. The van der Waals surface area contributed by atoms with Gasteiger partial charge in [-0.15, -0.1) is 0 Å². The summed E-state index contributed by atoms with van der Waals surface area (Å²) in [5.74, 6) is 0.445. The van der Waals surface area contributed by atoms with Gasteiger partial charge in [0.2, 0.25) is 5.91 Å². The number of aromatic nitrogens is 3. The lowest BCUT2D eigenvalue weighted by Crippen LogP contribution is -2.28. The van der Waals surface area contributed by atoms with Gasteiger partial charge in [0, 0.05) is 24.5 Å². The molecule has 0 fully saturated rings. The number of anilines is 1. The van der Waals surface area contributed by atoms with Crippen LogP contribution in [0.5, 0.6) is 5.75 Å². The van der Waals surface area contributed by atoms with Gasteiger partial charge < -0.3 is 14.6 Å². The highest BCUT2D eigenvalue weighted by atomic mass is 16.5. The van der Waals surface area contributed by atoms with E-state index in [1.807, 2.05) is 61.7 Å². The zero-order valence-corrected chi connectivity index (χ0v) is 17.0. The molecular formula is C23H22N4O3. The Balaban J connectivity index is 1.68. The average molecular weight is 402 g/mol. The van der Waals surface area contributed by atoms with Gasteiger partial charge in [-0.1, -0.05) is 30.3 Å². The van der Waals surface area contributed by atoms with Crippen LogP contribution in [0.25, 0.3) is 22.2 Å². The van der Waals surface area contributed by atoms with Gasteiger partial charge in [-0.2, -0.15) is 0 Å². The van der Waals surface area contributed by atoms with Gasteiger partial charge >= 0.3 is 0 Å². The van der Waals surface area contributed by atoms with Crippen molar-refractivity contribution in [1.29, 1.82) is 0 Å². The number of benzene rings is 2. The zero-order valence-electron chi connectivity index (χ0n) is 17.0. The highest BCUT2D eigenvalue weighted by molar-refractivity contribution is 5.93. The lowest BCUT2D eigenvalue weighted by atomic mass is 10.1. The number of ether oxygens (including phenoxy) is 1. The molecule has 0 spiro atoms. The Morgan fingerprint density at radius 2 is 1.97 bits per heavy atom. The van der Waals surface area contributed by atoms with Crippen LogP contribution in [0, 0.1) is 6.92 Å². The van der Waals surface area contributed by atoms with Crippen LogP contribution in [0.4, 0.5) is 5.69 Å². The van der Waals surface area contributed by atoms with E-state index in [1.54, 1.807) is 18.7 Å². The van der Waals surface area contributed by atoms with Gasteiger partial charge in [-0.3, -0.25) is 14.2 Å². The fourth-order valence-corrected chi connectivity index (χ4v) is 3.48. The maximum absolute atomic E-state index is 13.1. The fraction of sp³-hybridized carbons (Fsp3) is 0.174. The Labute approximate surface area is 173 Å². The molecule has 0 unspecified atom stereocenters. The smallest absolute Gasteiger partial charge is 0.278 e. The number of para-hydroxylation sites is 1. The number of carbonyl (C=O) groups is 1. The molecule has 2 aromatic heterocycles. The number of hydrogen-bond acceptors (Lipinski definition) is 4. The van der Waals surface area contributed by atoms with Crippen LogP contribution in [0.3, 0.4) is 0 Å². The number of carbonyl (C=O) groups excluding carboxylic acids is 1. The van der Waals surface area contributed by atoms with Crippen LogP contribution in [0.15, 0.2) is 65.8 Å². The number of methoxy groups -OCH3 is 1. The summed E-state index contributed by atoms with van der Waals surface area (Å²) in [5, 5.41) is 2.85. The van der Waals surface area contributed by atoms with Crippen molar-refractivity contribution in [2.45, 2.75) is 13.5 Å². The van der Waals surface area contributed by atoms with Crippen LogP contribution >= 0.6 is 0 Å². The number of fused-ring (bicyclic) bond motifs is 1. The largest absolute Gasteiger partial charge is 0.497 e. The monoisotopic (exact) mass is 402 g/mol. The van der Waals surface area contributed by atoms with E-state index < -0.39 is 0 Å². The average Bonchev–Trinajstić information content (AvgIpc) is 3.09. The van der Waals surface area contributed by atoms with E-state index in [0.717, 1.165) is 28.1 Å². The van der Waals surface area contributed by atoms with E-state index in [0.29, 0.717) is 11.0 Å². The van der Waals surface area contributed by atoms with Crippen LogP contribution in [-0.2, 0) is 18.4 Å². The van der Waals surface area contributed by atoms with Crippen molar-refractivity contribution < 1.29 is 9.53 Å². The number of amides is 1. The number of nitrogens with zero attached hydrogens (tertiary/aromatic N) is 3. The molecule has 7 heteroatoms. The predicted octanol–water partition coefficient (Wildman–Crippen LogP) is 3.36. The highest BCUT2D eigenvalue weighted by Gasteiger charge is 2.16. The Kier molecular flexibility index (Phi) is 5.10. The van der Waals surface area contributed by atoms with Crippen LogP contribution in [-0.4, -0.2) is 27.1 Å². The quantitative estimate of drug-likeness (QED) is 0.555. The van der Waals surface area contributed by atoms with Gasteiger partial charge in [0.1, 0.15) is 23.3 Å². The summed E-state index contributed by atoms with van der Waals surface area (Å²) in [6, 6.07) is 15.1. The summed E-state index contributed by atoms with van der Waals surface area (Å²) in [5.41, 5.74) is 4.18. The van der Waals surface area contributed by atoms with Gasteiger partial charge in [0.05, 0.1) is 13.4 Å². The summed E-state index contributed by atoms with van der Waals surface area (Å²) in [6.45, 7) is 1.80. The maximum Gasteiger partial charge on any atom is 0.278 e. The number of hydrogen-bond donors (Lipinski definition) is 1. The minimum Gasteiger partial charge on any atom is -0.497 e. The molecule has 0 aliphatic heterocycles. The molecule has 30 heavy (non-hydrogen) atoms. The Morgan fingerprint density at radius 1 is 1.17 bits per heavy atom. The van der Waals surface area contributed by atoms with Gasteiger partial charge in [-0.25, -0.2) is 4.98 Å². The zero-order chi connectivity index (χ0) is 21.3. The highest BCUT2D eigenvalue weighted by Crippen LogP contribution is 2.29. The van der Waals surface area contributed by atoms with Crippen molar-refractivity contribution in [3.63, 3.8) is 0 Å². The van der Waals surface area contributed by atoms with Crippen molar-refractivity contribution in [1.82, 2.24) is 14.1 Å². The van der Waals surface area contributed by atoms with E-state index >= 15 is 0 Å². The number of nitrogens with one attached hydrogen (secondary N) is 1. The third-order valence-electron chi connectivity index (χ3n) is 5.06. The van der Waals surface area contributed by atoms with E-state index in [-0.39, 0.29) is 18.0 Å². The first-order chi connectivity index (χ1) is 14.5. The Hall–Kier alpha value is -3.87. The molecule has 1 N–H and O–H groups in total. The molecule has 4 aromatic rings. The summed E-state index contributed by atoms with van der Waals surface area (Å²) >= 11 is 0. The molecule has 2 aromatic carbocycles. The Morgan fingerprint density at radius 3 is 2.73 bits per heavy atom. The second-order valence-electron chi connectivity index (χ2n) is 7.12. The third-order valence-corrected chi connectivity index (χ3v) is 5.06. The molecule has 4 rings (SSSR count). The van der Waals surface area contributed by atoms with E-state index in [4.69, 9.17) is 4.74 Å². The molecule has 0 aliphatic rings. The first-order valence-electron chi connectivity index (χ1n) is 9.52. The van der Waals surface area contributed by atoms with E-state index in [9.17, 15) is 9.59 Å². The molecule has 1 amide bonds. The molecule has 152 valence electrons. The number of aryl methyl sites for hydroxylation is 2. The van der Waals surface area contributed by atoms with Gasteiger partial charge in [0.25, 0.3) is 5.56 Å². The van der Waals surface area contributed by atoms with E-state index in [1.165, 1.54) is 10.9 Å². The summed E-state index contributed by atoms with van der Waals surface area (Å²) < 4.78 is 8.37. The Bertz CT molecular complexity index is 1300. The van der Waals surface area contributed by atoms with Crippen LogP contribution in [0.2, 0.25) is 0 Å². The van der Waals surface area contributed by atoms with Crippen molar-refractivity contribution in [3.8, 4) is 16.9 Å². The topological polar surface area (TPSA) is 78.1 Å². The molecule has 0 saturated carbocycles. The summed E-state index contributed by atoms with van der Waals surface area (Å²) in [7, 11) is 3.41. The standard InChI is InChI=1S/C23H22N4O3/c1-15-7-4-5-10-19(15)25-20(28)13-27-14-24-21-18(12-26(2)22(21)23(27)29)16-8-6-9-17(11-16)30-3/h4-12,14H,13H2,1-3H3,(H,25,28). The molecule has 0 saturated heterocycles. The third kappa shape index (κ3) is 3.57. The lowest BCUT2D eigenvalue weighted by molar-refractivity contribution is -0.116. The first-order valence-corrected chi connectivity index (χ1v) is 9.52. The molecule has 7 nitrogen and oxygen atoms in total. The molecule has 0 atom stereocenters. The van der Waals surface area contributed by atoms with Crippen molar-refractivity contribution in [2.75, 3.05) is 12.4 Å².